The van der Waals surface area contributed by atoms with Gasteiger partial charge in [0, 0.05) is 19.0 Å². The Labute approximate surface area is 68.6 Å². The lowest BCUT2D eigenvalue weighted by Gasteiger charge is -2.30. The van der Waals surface area contributed by atoms with Gasteiger partial charge in [-0.1, -0.05) is 0 Å². The highest BCUT2D eigenvalue weighted by molar-refractivity contribution is 4.87. The molecule has 1 fully saturated rings. The summed E-state index contributed by atoms with van der Waals surface area (Å²) in [6.07, 6.45) is -3.56. The van der Waals surface area contributed by atoms with E-state index in [0.717, 1.165) is 0 Å². The lowest BCUT2D eigenvalue weighted by atomic mass is 9.99. The van der Waals surface area contributed by atoms with Gasteiger partial charge >= 0.3 is 6.30 Å². The molecule has 0 radical (unpaired) electrons. The zero-order valence-electron chi connectivity index (χ0n) is 6.43. The Morgan fingerprint density at radius 3 is 2.08 bits per heavy atom. The lowest BCUT2D eigenvalue weighted by Crippen LogP contribution is -2.43. The van der Waals surface area contributed by atoms with Crippen LogP contribution < -0.4 is 0 Å². The predicted octanol–water partition coefficient (Wildman–Crippen LogP) is 1.74. The summed E-state index contributed by atoms with van der Waals surface area (Å²) in [4.78, 5) is 0.459. The number of halogens is 3. The largest absolute Gasteiger partial charge is 0.459 e. The Bertz CT molecular complexity index is 186. The fourth-order valence-corrected chi connectivity index (χ4v) is 1.26. The first kappa shape index (κ1) is 9.33. The predicted molar refractivity (Wildman–Crippen MR) is 36.0 cm³/mol. The number of nitrogens with zero attached hydrogens (tertiary/aromatic N) is 2. The molecule has 68 valence electrons. The maximum absolute atomic E-state index is 12.0. The third-order valence-electron chi connectivity index (χ3n) is 2.04. The third kappa shape index (κ3) is 2.11. The number of alkyl halides is 3. The van der Waals surface area contributed by atoms with Crippen molar-refractivity contribution < 1.29 is 13.2 Å². The van der Waals surface area contributed by atoms with Crippen molar-refractivity contribution in [2.45, 2.75) is 19.1 Å². The topological polar surface area (TPSA) is 27.0 Å². The average molecular weight is 178 g/mol. The second-order valence-electron chi connectivity index (χ2n) is 2.86. The minimum atomic E-state index is -4.22. The molecule has 0 aromatic heterocycles. The molecule has 0 N–H and O–H groups in total. The zero-order chi connectivity index (χ0) is 9.19. The second kappa shape index (κ2) is 3.31. The number of nitriles is 1. The van der Waals surface area contributed by atoms with Gasteiger partial charge in [0.1, 0.15) is 0 Å². The van der Waals surface area contributed by atoms with Crippen LogP contribution >= 0.6 is 0 Å². The summed E-state index contributed by atoms with van der Waals surface area (Å²) in [6, 6.07) is 1.98. The lowest BCUT2D eigenvalue weighted by molar-refractivity contribution is -0.250. The Morgan fingerprint density at radius 2 is 1.75 bits per heavy atom. The highest BCUT2D eigenvalue weighted by Crippen LogP contribution is 2.27. The highest BCUT2D eigenvalue weighted by Gasteiger charge is 2.38. The van der Waals surface area contributed by atoms with Gasteiger partial charge in [-0.15, -0.1) is 0 Å². The molecule has 1 aliphatic heterocycles. The van der Waals surface area contributed by atoms with Crippen LogP contribution in [0.15, 0.2) is 0 Å². The zero-order valence-corrected chi connectivity index (χ0v) is 6.43. The van der Waals surface area contributed by atoms with Crippen molar-refractivity contribution in [3.8, 4) is 6.07 Å². The van der Waals surface area contributed by atoms with Gasteiger partial charge < -0.3 is 0 Å². The summed E-state index contributed by atoms with van der Waals surface area (Å²) < 4.78 is 36.0. The molecule has 0 aliphatic carbocycles. The molecule has 0 bridgehead atoms. The summed E-state index contributed by atoms with van der Waals surface area (Å²) in [5.74, 6) is -0.191. The molecule has 0 aromatic carbocycles. The number of hydrogen-bond acceptors (Lipinski definition) is 2. The molecule has 1 heterocycles. The molecule has 2 nitrogen and oxygen atoms in total. The standard InChI is InChI=1S/C7H9F3N2/c8-7(9,10)12-3-1-6(5-11)2-4-12/h6H,1-4H2. The van der Waals surface area contributed by atoms with Crippen LogP contribution in [0.5, 0.6) is 0 Å². The quantitative estimate of drug-likeness (QED) is 0.528. The van der Waals surface area contributed by atoms with Crippen molar-refractivity contribution in [2.24, 2.45) is 5.92 Å². The summed E-state index contributed by atoms with van der Waals surface area (Å²) in [5, 5.41) is 8.43. The van der Waals surface area contributed by atoms with E-state index in [4.69, 9.17) is 5.26 Å². The Morgan fingerprint density at radius 1 is 1.25 bits per heavy atom. The molecule has 0 unspecified atom stereocenters. The van der Waals surface area contributed by atoms with E-state index < -0.39 is 6.30 Å². The fourth-order valence-electron chi connectivity index (χ4n) is 1.26. The fraction of sp³-hybridized carbons (Fsp3) is 0.857. The van der Waals surface area contributed by atoms with Crippen LogP contribution in [-0.4, -0.2) is 24.3 Å². The van der Waals surface area contributed by atoms with Gasteiger partial charge in [0.25, 0.3) is 0 Å². The minimum absolute atomic E-state index is 0.0400. The SMILES string of the molecule is N#CC1CCN(C(F)(F)F)CC1. The van der Waals surface area contributed by atoms with Gasteiger partial charge in [-0.25, -0.2) is 4.90 Å². The van der Waals surface area contributed by atoms with Gasteiger partial charge in [0.2, 0.25) is 0 Å². The second-order valence-corrected chi connectivity index (χ2v) is 2.86. The molecule has 1 rings (SSSR count). The molecule has 12 heavy (non-hydrogen) atoms. The molecular weight excluding hydrogens is 169 g/mol. The molecule has 0 amide bonds. The van der Waals surface area contributed by atoms with Crippen LogP contribution in [0.3, 0.4) is 0 Å². The van der Waals surface area contributed by atoms with Crippen LogP contribution in [0.2, 0.25) is 0 Å². The van der Waals surface area contributed by atoms with Crippen molar-refractivity contribution in [2.75, 3.05) is 13.1 Å². The Kier molecular flexibility index (Phi) is 2.58. The number of hydrogen-bond donors (Lipinski definition) is 0. The molecule has 0 atom stereocenters. The molecule has 0 aromatic rings. The Hall–Kier alpha value is -0.760. The first-order valence-corrected chi connectivity index (χ1v) is 3.75. The van der Waals surface area contributed by atoms with E-state index in [1.54, 1.807) is 0 Å². The molecule has 1 aliphatic rings. The van der Waals surface area contributed by atoms with Crippen LogP contribution in [0.4, 0.5) is 13.2 Å². The maximum atomic E-state index is 12.0. The summed E-state index contributed by atoms with van der Waals surface area (Å²) >= 11 is 0. The van der Waals surface area contributed by atoms with Gasteiger partial charge in [-0.2, -0.15) is 18.4 Å². The maximum Gasteiger partial charge on any atom is 0.459 e. The minimum Gasteiger partial charge on any atom is -0.214 e. The summed E-state index contributed by atoms with van der Waals surface area (Å²) in [6.45, 7) is -0.0799. The van der Waals surface area contributed by atoms with Crippen LogP contribution in [0.1, 0.15) is 12.8 Å². The van der Waals surface area contributed by atoms with Crippen molar-refractivity contribution >= 4 is 0 Å². The first-order chi connectivity index (χ1) is 5.54. The third-order valence-corrected chi connectivity index (χ3v) is 2.04. The summed E-state index contributed by atoms with van der Waals surface area (Å²) in [7, 11) is 0. The van der Waals surface area contributed by atoms with E-state index in [2.05, 4.69) is 0 Å². The van der Waals surface area contributed by atoms with E-state index >= 15 is 0 Å². The van der Waals surface area contributed by atoms with Crippen molar-refractivity contribution in [3.63, 3.8) is 0 Å². The molecule has 5 heteroatoms. The van der Waals surface area contributed by atoms with E-state index in [-0.39, 0.29) is 19.0 Å². The van der Waals surface area contributed by atoms with Crippen molar-refractivity contribution in [1.82, 2.24) is 4.90 Å². The van der Waals surface area contributed by atoms with Gasteiger partial charge in [-0.05, 0) is 12.8 Å². The molecule has 0 saturated carbocycles. The van der Waals surface area contributed by atoms with Gasteiger partial charge in [0.15, 0.2) is 0 Å². The molecular formula is C7H9F3N2. The number of likely N-dealkylation sites (tertiary alicyclic amines) is 1. The highest BCUT2D eigenvalue weighted by atomic mass is 19.4. The van der Waals surface area contributed by atoms with E-state index in [1.165, 1.54) is 0 Å². The van der Waals surface area contributed by atoms with Gasteiger partial charge in [0.05, 0.1) is 6.07 Å². The normalized spacial score (nSPS) is 22.2. The van der Waals surface area contributed by atoms with Crippen LogP contribution in [-0.2, 0) is 0 Å². The monoisotopic (exact) mass is 178 g/mol. The summed E-state index contributed by atoms with van der Waals surface area (Å²) in [5.41, 5.74) is 0. The number of piperidine rings is 1. The molecule has 1 saturated heterocycles. The van der Waals surface area contributed by atoms with Crippen molar-refractivity contribution in [3.05, 3.63) is 0 Å². The smallest absolute Gasteiger partial charge is 0.214 e. The average Bonchev–Trinajstić information content (AvgIpc) is 2.03. The first-order valence-electron chi connectivity index (χ1n) is 3.75. The van der Waals surface area contributed by atoms with Crippen LogP contribution in [0.25, 0.3) is 0 Å². The number of rotatable bonds is 0. The van der Waals surface area contributed by atoms with E-state index in [1.807, 2.05) is 6.07 Å². The van der Waals surface area contributed by atoms with Gasteiger partial charge in [-0.3, -0.25) is 0 Å². The van der Waals surface area contributed by atoms with Crippen molar-refractivity contribution in [1.29, 1.82) is 5.26 Å². The van der Waals surface area contributed by atoms with Crippen LogP contribution in [0, 0.1) is 17.2 Å². The van der Waals surface area contributed by atoms with E-state index in [0.29, 0.717) is 17.7 Å². The molecule has 0 spiro atoms. The van der Waals surface area contributed by atoms with E-state index in [9.17, 15) is 13.2 Å². The Balaban J connectivity index is 2.42.